The molecule has 21 heavy (non-hydrogen) atoms. The summed E-state index contributed by atoms with van der Waals surface area (Å²) in [4.78, 5) is 0. The van der Waals surface area contributed by atoms with Crippen molar-refractivity contribution in [3.63, 3.8) is 0 Å². The zero-order valence-electron chi connectivity index (χ0n) is 14.0. The van der Waals surface area contributed by atoms with Crippen molar-refractivity contribution in [2.24, 2.45) is 5.41 Å². The summed E-state index contributed by atoms with van der Waals surface area (Å²) in [6, 6.07) is 5.04. The Kier molecular flexibility index (Phi) is 4.00. The average molecular weight is 287 g/mol. The normalized spacial score (nSPS) is 27.4. The van der Waals surface area contributed by atoms with E-state index in [-0.39, 0.29) is 0 Å². The number of ether oxygens (including phenoxy) is 1. The summed E-state index contributed by atoms with van der Waals surface area (Å²) in [7, 11) is 2.11. The monoisotopic (exact) mass is 287 g/mol. The van der Waals surface area contributed by atoms with Crippen molar-refractivity contribution in [2.75, 3.05) is 7.05 Å². The first-order valence-corrected chi connectivity index (χ1v) is 8.49. The molecule has 0 aliphatic heterocycles. The van der Waals surface area contributed by atoms with Gasteiger partial charge in [0.1, 0.15) is 11.9 Å². The van der Waals surface area contributed by atoms with Crippen LogP contribution in [0.5, 0.6) is 5.75 Å². The molecule has 2 fully saturated rings. The highest BCUT2D eigenvalue weighted by Crippen LogP contribution is 2.53. The van der Waals surface area contributed by atoms with Gasteiger partial charge in [-0.2, -0.15) is 0 Å². The molecule has 0 radical (unpaired) electrons. The fraction of sp³-hybridized carbons (Fsp3) is 0.684. The quantitative estimate of drug-likeness (QED) is 0.895. The molecule has 2 aliphatic carbocycles. The molecule has 2 unspecified atom stereocenters. The van der Waals surface area contributed by atoms with E-state index in [9.17, 15) is 0 Å². The highest BCUT2D eigenvalue weighted by atomic mass is 16.5. The fourth-order valence-electron chi connectivity index (χ4n) is 4.45. The summed E-state index contributed by atoms with van der Waals surface area (Å²) in [6.07, 6.45) is 8.33. The fourth-order valence-corrected chi connectivity index (χ4v) is 4.45. The molecule has 116 valence electrons. The van der Waals surface area contributed by atoms with Crippen LogP contribution in [-0.4, -0.2) is 19.2 Å². The van der Waals surface area contributed by atoms with E-state index in [1.54, 1.807) is 0 Å². The third kappa shape index (κ3) is 2.38. The largest absolute Gasteiger partial charge is 0.489 e. The standard InChI is InChI=1S/C19H29NO/c1-13-8-9-14(2)18(15(13)3)21-17-12-16(20-4)19(17)10-6-5-7-11-19/h8-9,16-17,20H,5-7,10-12H2,1-4H3. The predicted octanol–water partition coefficient (Wildman–Crippen LogP) is 4.30. The molecule has 1 aromatic rings. The molecule has 2 atom stereocenters. The van der Waals surface area contributed by atoms with Gasteiger partial charge in [0.2, 0.25) is 0 Å². The van der Waals surface area contributed by atoms with Gasteiger partial charge < -0.3 is 10.1 Å². The van der Waals surface area contributed by atoms with Crippen LogP contribution in [0.4, 0.5) is 0 Å². The summed E-state index contributed by atoms with van der Waals surface area (Å²) < 4.78 is 6.58. The lowest BCUT2D eigenvalue weighted by molar-refractivity contribution is -0.101. The maximum absolute atomic E-state index is 6.58. The molecule has 0 saturated heterocycles. The van der Waals surface area contributed by atoms with Crippen LogP contribution in [0, 0.1) is 26.2 Å². The molecule has 1 N–H and O–H groups in total. The molecule has 2 heteroatoms. The molecular weight excluding hydrogens is 258 g/mol. The summed E-state index contributed by atoms with van der Waals surface area (Å²) >= 11 is 0. The molecule has 0 heterocycles. The van der Waals surface area contributed by atoms with Crippen LogP contribution >= 0.6 is 0 Å². The van der Waals surface area contributed by atoms with Gasteiger partial charge in [-0.15, -0.1) is 0 Å². The third-order valence-corrected chi connectivity index (χ3v) is 6.05. The number of rotatable bonds is 3. The Labute approximate surface area is 129 Å². The van der Waals surface area contributed by atoms with Crippen molar-refractivity contribution < 1.29 is 4.74 Å². The number of hydrogen-bond acceptors (Lipinski definition) is 2. The van der Waals surface area contributed by atoms with Gasteiger partial charge in [-0.3, -0.25) is 0 Å². The molecule has 2 aliphatic rings. The van der Waals surface area contributed by atoms with Gasteiger partial charge in [0.15, 0.2) is 0 Å². The first-order chi connectivity index (χ1) is 10.1. The van der Waals surface area contributed by atoms with Crippen molar-refractivity contribution in [3.8, 4) is 5.75 Å². The minimum Gasteiger partial charge on any atom is -0.489 e. The van der Waals surface area contributed by atoms with Crippen molar-refractivity contribution in [3.05, 3.63) is 28.8 Å². The van der Waals surface area contributed by atoms with Crippen molar-refractivity contribution in [1.82, 2.24) is 5.32 Å². The van der Waals surface area contributed by atoms with Crippen molar-refractivity contribution in [1.29, 1.82) is 0 Å². The van der Waals surface area contributed by atoms with E-state index >= 15 is 0 Å². The van der Waals surface area contributed by atoms with Gasteiger partial charge in [0, 0.05) is 17.9 Å². The van der Waals surface area contributed by atoms with Gasteiger partial charge in [0.05, 0.1) is 0 Å². The zero-order valence-corrected chi connectivity index (χ0v) is 14.0. The van der Waals surface area contributed by atoms with Crippen LogP contribution in [0.25, 0.3) is 0 Å². The SMILES string of the molecule is CNC1CC(Oc2c(C)ccc(C)c2C)C12CCCCC2. The second-order valence-corrected chi connectivity index (χ2v) is 7.13. The average Bonchev–Trinajstić information content (AvgIpc) is 2.50. The lowest BCUT2D eigenvalue weighted by Gasteiger charge is -2.57. The van der Waals surface area contributed by atoms with Gasteiger partial charge in [-0.1, -0.05) is 31.4 Å². The van der Waals surface area contributed by atoms with E-state index in [0.717, 1.165) is 12.2 Å². The highest BCUT2D eigenvalue weighted by molar-refractivity contribution is 5.45. The third-order valence-electron chi connectivity index (χ3n) is 6.05. The highest BCUT2D eigenvalue weighted by Gasteiger charge is 2.56. The number of hydrogen-bond donors (Lipinski definition) is 1. The maximum Gasteiger partial charge on any atom is 0.125 e. The lowest BCUT2D eigenvalue weighted by atomic mass is 9.55. The van der Waals surface area contributed by atoms with Crippen LogP contribution in [0.15, 0.2) is 12.1 Å². The van der Waals surface area contributed by atoms with E-state index in [4.69, 9.17) is 4.74 Å². The number of aryl methyl sites for hydroxylation is 2. The first-order valence-electron chi connectivity index (χ1n) is 8.49. The molecule has 2 nitrogen and oxygen atoms in total. The molecule has 3 rings (SSSR count). The van der Waals surface area contributed by atoms with E-state index in [1.807, 2.05) is 0 Å². The molecule has 2 saturated carbocycles. The Hall–Kier alpha value is -1.02. The minimum atomic E-state index is 0.385. The molecule has 0 aromatic heterocycles. The van der Waals surface area contributed by atoms with E-state index < -0.39 is 0 Å². The van der Waals surface area contributed by atoms with E-state index in [0.29, 0.717) is 17.6 Å². The zero-order chi connectivity index (χ0) is 15.0. The second kappa shape index (κ2) is 5.64. The van der Waals surface area contributed by atoms with Gasteiger partial charge in [-0.05, 0) is 57.4 Å². The predicted molar refractivity (Wildman–Crippen MR) is 88.1 cm³/mol. The van der Waals surface area contributed by atoms with Crippen molar-refractivity contribution >= 4 is 0 Å². The van der Waals surface area contributed by atoms with Crippen LogP contribution in [0.2, 0.25) is 0 Å². The second-order valence-electron chi connectivity index (χ2n) is 7.13. The van der Waals surface area contributed by atoms with Crippen LogP contribution in [0.3, 0.4) is 0 Å². The first kappa shape index (κ1) is 14.9. The summed E-state index contributed by atoms with van der Waals surface area (Å²) in [5.74, 6) is 1.14. The topological polar surface area (TPSA) is 21.3 Å². The Bertz CT molecular complexity index is 517. The Morgan fingerprint density at radius 1 is 1.05 bits per heavy atom. The van der Waals surface area contributed by atoms with Crippen LogP contribution in [0.1, 0.15) is 55.2 Å². The Morgan fingerprint density at radius 3 is 2.38 bits per heavy atom. The summed E-state index contributed by atoms with van der Waals surface area (Å²) in [5, 5.41) is 3.54. The Morgan fingerprint density at radius 2 is 1.71 bits per heavy atom. The van der Waals surface area contributed by atoms with Gasteiger partial charge in [0.25, 0.3) is 0 Å². The van der Waals surface area contributed by atoms with E-state index in [1.165, 1.54) is 48.8 Å². The molecule has 1 aromatic carbocycles. The summed E-state index contributed by atoms with van der Waals surface area (Å²) in [5.41, 5.74) is 4.30. The van der Waals surface area contributed by atoms with Crippen LogP contribution < -0.4 is 10.1 Å². The molecule has 0 amide bonds. The van der Waals surface area contributed by atoms with Gasteiger partial charge >= 0.3 is 0 Å². The molecule has 1 spiro atoms. The number of nitrogens with one attached hydrogen (secondary N) is 1. The minimum absolute atomic E-state index is 0.385. The molecule has 0 bridgehead atoms. The lowest BCUT2D eigenvalue weighted by Crippen LogP contribution is -2.65. The maximum atomic E-state index is 6.58. The smallest absolute Gasteiger partial charge is 0.125 e. The Balaban J connectivity index is 1.84. The van der Waals surface area contributed by atoms with Crippen LogP contribution in [-0.2, 0) is 0 Å². The van der Waals surface area contributed by atoms with E-state index in [2.05, 4.69) is 45.3 Å². The summed E-state index contributed by atoms with van der Waals surface area (Å²) in [6.45, 7) is 6.54. The van der Waals surface area contributed by atoms with Crippen molar-refractivity contribution in [2.45, 2.75) is 71.4 Å². The number of benzene rings is 1. The molecular formula is C19H29NO. The van der Waals surface area contributed by atoms with Gasteiger partial charge in [-0.25, -0.2) is 0 Å².